The quantitative estimate of drug-likeness (QED) is 0.264. The molecule has 3 heterocycles. The molecule has 1 aliphatic heterocycles. The summed E-state index contributed by atoms with van der Waals surface area (Å²) < 4.78 is 44.1. The molecule has 3 fully saturated rings. The molecule has 2 aromatic heterocycles. The minimum atomic E-state index is -2.75. The van der Waals surface area contributed by atoms with Crippen LogP contribution in [0.15, 0.2) is 39.4 Å². The molecule has 208 valence electrons. The van der Waals surface area contributed by atoms with Crippen LogP contribution in [0.5, 0.6) is 0 Å². The van der Waals surface area contributed by atoms with Gasteiger partial charge >= 0.3 is 0 Å². The molecule has 0 radical (unpaired) electrons. The Balaban J connectivity index is 1.11. The van der Waals surface area contributed by atoms with Crippen LogP contribution < -0.4 is 4.90 Å². The van der Waals surface area contributed by atoms with Gasteiger partial charge in [-0.2, -0.15) is 4.98 Å². The van der Waals surface area contributed by atoms with E-state index in [1.165, 1.54) is 0 Å². The fourth-order valence-corrected chi connectivity index (χ4v) is 5.40. The molecule has 0 unspecified atom stereocenters. The van der Waals surface area contributed by atoms with E-state index < -0.39 is 11.8 Å². The van der Waals surface area contributed by atoms with Crippen LogP contribution in [0.4, 0.5) is 14.5 Å². The highest BCUT2D eigenvalue weighted by atomic mass is 19.3. The number of alkyl halides is 2. The predicted octanol–water partition coefficient (Wildman–Crippen LogP) is 6.29. The Morgan fingerprint density at radius 1 is 1.05 bits per heavy atom. The monoisotopic (exact) mass is 540 g/mol. The number of amides is 1. The summed E-state index contributed by atoms with van der Waals surface area (Å²) in [6, 6.07) is 7.52. The van der Waals surface area contributed by atoms with Crippen LogP contribution in [0.25, 0.3) is 11.3 Å². The first kappa shape index (κ1) is 26.1. The van der Waals surface area contributed by atoms with Crippen molar-refractivity contribution in [3.63, 3.8) is 0 Å². The van der Waals surface area contributed by atoms with Gasteiger partial charge in [-0.15, -0.1) is 0 Å². The number of rotatable bonds is 11. The third kappa shape index (κ3) is 6.21. The Hall–Kier alpha value is -3.14. The summed E-state index contributed by atoms with van der Waals surface area (Å²) in [5.74, 6) is -0.161. The largest absolute Gasteiger partial charge is 0.440 e. The molecule has 39 heavy (non-hydrogen) atoms. The highest BCUT2D eigenvalue weighted by Crippen LogP contribution is 2.44. The number of benzene rings is 1. The van der Waals surface area contributed by atoms with Crippen molar-refractivity contribution in [3.8, 4) is 11.3 Å². The average Bonchev–Trinajstić information content (AvgIpc) is 3.47. The van der Waals surface area contributed by atoms with Gasteiger partial charge in [-0.1, -0.05) is 23.7 Å². The molecule has 0 atom stereocenters. The number of unbranched alkanes of at least 4 members (excludes halogenated alkanes) is 2. The van der Waals surface area contributed by atoms with Gasteiger partial charge in [-0.05, 0) is 50.7 Å². The van der Waals surface area contributed by atoms with Gasteiger partial charge in [0.2, 0.25) is 17.7 Å². The van der Waals surface area contributed by atoms with Gasteiger partial charge < -0.3 is 18.6 Å². The van der Waals surface area contributed by atoms with E-state index in [0.717, 1.165) is 56.3 Å². The van der Waals surface area contributed by atoms with Gasteiger partial charge in [-0.25, -0.2) is 13.8 Å². The van der Waals surface area contributed by atoms with Gasteiger partial charge in [0.1, 0.15) is 0 Å². The second-order valence-electron chi connectivity index (χ2n) is 11.1. The van der Waals surface area contributed by atoms with Gasteiger partial charge in [0, 0.05) is 68.0 Å². The summed E-state index contributed by atoms with van der Waals surface area (Å²) in [4.78, 5) is 24.0. The van der Waals surface area contributed by atoms with E-state index in [0.29, 0.717) is 55.3 Å². The Morgan fingerprint density at radius 2 is 1.87 bits per heavy atom. The van der Waals surface area contributed by atoms with Crippen LogP contribution in [-0.4, -0.2) is 46.7 Å². The Labute approximate surface area is 226 Å². The Morgan fingerprint density at radius 3 is 2.64 bits per heavy atom. The van der Waals surface area contributed by atoms with E-state index >= 15 is 0 Å². The van der Waals surface area contributed by atoms with Gasteiger partial charge in [0.25, 0.3) is 0 Å². The molecule has 0 N–H and O–H groups in total. The van der Waals surface area contributed by atoms with Crippen molar-refractivity contribution >= 4 is 11.6 Å². The molecular weight excluding hydrogens is 506 g/mol. The summed E-state index contributed by atoms with van der Waals surface area (Å²) in [7, 11) is 0. The highest BCUT2D eigenvalue weighted by molar-refractivity contribution is 5.96. The highest BCUT2D eigenvalue weighted by Gasteiger charge is 2.50. The number of halogens is 2. The van der Waals surface area contributed by atoms with Gasteiger partial charge in [0.05, 0.1) is 6.20 Å². The Kier molecular flexibility index (Phi) is 7.47. The molecule has 6 rings (SSSR count). The molecule has 0 bridgehead atoms. The van der Waals surface area contributed by atoms with Crippen molar-refractivity contribution in [1.82, 2.24) is 15.1 Å². The van der Waals surface area contributed by atoms with E-state index in [1.54, 1.807) is 11.1 Å². The van der Waals surface area contributed by atoms with Crippen molar-refractivity contribution in [2.24, 2.45) is 5.92 Å². The number of ether oxygens (including phenoxy) is 1. The maximum Gasteiger partial charge on any atom is 0.249 e. The minimum absolute atomic E-state index is 0.237. The molecule has 2 aliphatic carbocycles. The number of hydrogen-bond donors (Lipinski definition) is 0. The summed E-state index contributed by atoms with van der Waals surface area (Å²) in [6.07, 6.45) is 8.08. The Bertz CT molecular complexity index is 1270. The summed E-state index contributed by atoms with van der Waals surface area (Å²) in [5.41, 5.74) is 1.49. The first-order valence-corrected chi connectivity index (χ1v) is 14.1. The summed E-state index contributed by atoms with van der Waals surface area (Å²) in [6.45, 7) is 1.85. The molecule has 1 aromatic carbocycles. The predicted molar refractivity (Wildman–Crippen MR) is 139 cm³/mol. The second kappa shape index (κ2) is 11.2. The van der Waals surface area contributed by atoms with Crippen molar-refractivity contribution in [1.29, 1.82) is 0 Å². The first-order valence-electron chi connectivity index (χ1n) is 14.1. The van der Waals surface area contributed by atoms with Crippen LogP contribution in [0.1, 0.15) is 87.2 Å². The van der Waals surface area contributed by atoms with Crippen LogP contribution in [-0.2, 0) is 16.0 Å². The number of nitrogens with zero attached hydrogens (tertiary/aromatic N) is 4. The van der Waals surface area contributed by atoms with Gasteiger partial charge in [0.15, 0.2) is 17.5 Å². The molecule has 1 saturated heterocycles. The van der Waals surface area contributed by atoms with E-state index in [-0.39, 0.29) is 24.7 Å². The second-order valence-corrected chi connectivity index (χ2v) is 11.1. The fraction of sp³-hybridized carbons (Fsp3) is 0.586. The molecule has 2 saturated carbocycles. The lowest BCUT2D eigenvalue weighted by Gasteiger charge is -2.37. The number of carbonyl (C=O) groups is 1. The fourth-order valence-electron chi connectivity index (χ4n) is 5.40. The SMILES string of the molecule is O=C(C1CC(F)(F)C1)N(CCCCCc1nc(C2CC2)no1)c1cccc(-c2cnc(C3CCOCC3)o2)c1. The normalized spacial score (nSPS) is 19.6. The molecular formula is C29H34F2N4O4. The van der Waals surface area contributed by atoms with E-state index in [1.807, 2.05) is 24.3 Å². The van der Waals surface area contributed by atoms with E-state index in [9.17, 15) is 13.6 Å². The number of oxazole rings is 1. The molecule has 3 aromatic rings. The smallest absolute Gasteiger partial charge is 0.249 e. The standard InChI is InChI=1S/C29H34F2N4O4/c30-29(31)16-22(17-29)28(36)35(12-3-1-2-7-25-33-26(34-39-25)19-8-9-19)23-6-4-5-21(15-23)24-18-32-27(38-24)20-10-13-37-14-11-20/h4-6,15,18-20,22H,1-3,7-14,16-17H2. The van der Waals surface area contributed by atoms with E-state index in [2.05, 4.69) is 15.1 Å². The number of hydrogen-bond acceptors (Lipinski definition) is 7. The summed E-state index contributed by atoms with van der Waals surface area (Å²) >= 11 is 0. The molecule has 0 spiro atoms. The lowest BCUT2D eigenvalue weighted by atomic mass is 9.80. The maximum absolute atomic E-state index is 13.6. The van der Waals surface area contributed by atoms with Crippen LogP contribution in [0.3, 0.4) is 0 Å². The number of carbonyl (C=O) groups excluding carboxylic acids is 1. The van der Waals surface area contributed by atoms with Gasteiger partial charge in [-0.3, -0.25) is 4.79 Å². The molecule has 10 heteroatoms. The lowest BCUT2D eigenvalue weighted by Crippen LogP contribution is -2.47. The number of aromatic nitrogens is 3. The topological polar surface area (TPSA) is 94.5 Å². The minimum Gasteiger partial charge on any atom is -0.440 e. The lowest BCUT2D eigenvalue weighted by molar-refractivity contribution is -0.147. The molecule has 8 nitrogen and oxygen atoms in total. The zero-order chi connectivity index (χ0) is 26.8. The molecule has 3 aliphatic rings. The van der Waals surface area contributed by atoms with Crippen LogP contribution in [0.2, 0.25) is 0 Å². The van der Waals surface area contributed by atoms with E-state index in [4.69, 9.17) is 13.7 Å². The number of anilines is 1. The third-order valence-electron chi connectivity index (χ3n) is 7.94. The van der Waals surface area contributed by atoms with Crippen LogP contribution in [0, 0.1) is 5.92 Å². The number of aryl methyl sites for hydroxylation is 1. The van der Waals surface area contributed by atoms with Crippen LogP contribution >= 0.6 is 0 Å². The zero-order valence-corrected chi connectivity index (χ0v) is 22.0. The van der Waals surface area contributed by atoms with Crippen molar-refractivity contribution in [3.05, 3.63) is 48.1 Å². The average molecular weight is 541 g/mol. The molecule has 1 amide bonds. The van der Waals surface area contributed by atoms with Crippen molar-refractivity contribution in [2.45, 2.75) is 82.0 Å². The summed E-state index contributed by atoms with van der Waals surface area (Å²) in [5, 5.41) is 4.06. The maximum atomic E-state index is 13.6. The third-order valence-corrected chi connectivity index (χ3v) is 7.94. The van der Waals surface area contributed by atoms with Crippen molar-refractivity contribution < 1.29 is 27.3 Å². The van der Waals surface area contributed by atoms with Crippen molar-refractivity contribution in [2.75, 3.05) is 24.7 Å². The zero-order valence-electron chi connectivity index (χ0n) is 22.0. The first-order chi connectivity index (χ1) is 18.9.